The molecule has 0 radical (unpaired) electrons. The van der Waals surface area contributed by atoms with Gasteiger partial charge >= 0.3 is 0 Å². The number of carbonyl (C=O) groups excluding carboxylic acids is 1. The maximum atomic E-state index is 11.9. The van der Waals surface area contributed by atoms with Gasteiger partial charge in [-0.2, -0.15) is 8.42 Å². The van der Waals surface area contributed by atoms with E-state index in [4.69, 9.17) is 23.2 Å². The predicted molar refractivity (Wildman–Crippen MR) is 71.7 cm³/mol. The normalized spacial score (nSPS) is 18.1. The van der Waals surface area contributed by atoms with Gasteiger partial charge in [-0.1, -0.05) is 35.0 Å². The summed E-state index contributed by atoms with van der Waals surface area (Å²) in [5.74, 6) is -0.112. The first-order chi connectivity index (χ1) is 8.38. The smallest absolute Gasteiger partial charge is 0.284 e. The second kappa shape index (κ2) is 5.08. The molecular formula is C9H6Cl2N2O3S2. The van der Waals surface area contributed by atoms with Crippen molar-refractivity contribution in [2.45, 2.75) is 4.90 Å². The van der Waals surface area contributed by atoms with Crippen molar-refractivity contribution in [1.29, 1.82) is 0 Å². The molecule has 0 spiro atoms. The zero-order chi connectivity index (χ0) is 13.3. The van der Waals surface area contributed by atoms with Crippen LogP contribution in [0.1, 0.15) is 0 Å². The summed E-state index contributed by atoms with van der Waals surface area (Å²) in [5, 5.41) is 2.78. The zero-order valence-corrected chi connectivity index (χ0v) is 11.8. The largest absolute Gasteiger partial charge is 0.304 e. The third-order valence-electron chi connectivity index (χ3n) is 1.98. The molecule has 1 aromatic carbocycles. The van der Waals surface area contributed by atoms with Crippen LogP contribution in [0.2, 0.25) is 10.0 Å². The third kappa shape index (κ3) is 2.97. The van der Waals surface area contributed by atoms with E-state index in [1.54, 1.807) is 0 Å². The molecule has 96 valence electrons. The minimum Gasteiger partial charge on any atom is -0.304 e. The van der Waals surface area contributed by atoms with Gasteiger partial charge in [-0.3, -0.25) is 4.79 Å². The number of sulfonamides is 1. The predicted octanol–water partition coefficient (Wildman–Crippen LogP) is 1.90. The SMILES string of the molecule is O=C1CS/C(=N\S(=O)(=O)c2ccc(Cl)c(Cl)c2)N1. The summed E-state index contributed by atoms with van der Waals surface area (Å²) in [5.41, 5.74) is 0. The molecule has 9 heteroatoms. The first-order valence-electron chi connectivity index (χ1n) is 4.61. The lowest BCUT2D eigenvalue weighted by Gasteiger charge is -2.02. The Bertz CT molecular complexity index is 643. The highest BCUT2D eigenvalue weighted by Crippen LogP contribution is 2.26. The number of benzene rings is 1. The van der Waals surface area contributed by atoms with E-state index in [2.05, 4.69) is 9.71 Å². The monoisotopic (exact) mass is 324 g/mol. The zero-order valence-electron chi connectivity index (χ0n) is 8.68. The molecular weight excluding hydrogens is 319 g/mol. The second-order valence-electron chi connectivity index (χ2n) is 3.28. The van der Waals surface area contributed by atoms with Crippen molar-refractivity contribution >= 4 is 56.1 Å². The number of thioether (sulfide) groups is 1. The average molecular weight is 325 g/mol. The number of halogens is 2. The lowest BCUT2D eigenvalue weighted by Crippen LogP contribution is -2.21. The summed E-state index contributed by atoms with van der Waals surface area (Å²) in [7, 11) is -3.90. The van der Waals surface area contributed by atoms with Crippen LogP contribution >= 0.6 is 35.0 Å². The highest BCUT2D eigenvalue weighted by molar-refractivity contribution is 8.15. The Morgan fingerprint density at radius 3 is 2.56 bits per heavy atom. The Morgan fingerprint density at radius 2 is 2.00 bits per heavy atom. The van der Waals surface area contributed by atoms with E-state index in [1.807, 2.05) is 0 Å². The fraction of sp³-hybridized carbons (Fsp3) is 0.111. The molecule has 18 heavy (non-hydrogen) atoms. The van der Waals surface area contributed by atoms with Crippen LogP contribution in [0.4, 0.5) is 0 Å². The number of nitrogens with zero attached hydrogens (tertiary/aromatic N) is 1. The van der Waals surface area contributed by atoms with E-state index in [9.17, 15) is 13.2 Å². The minimum absolute atomic E-state index is 0.0612. The van der Waals surface area contributed by atoms with Crippen molar-refractivity contribution in [3.8, 4) is 0 Å². The van der Waals surface area contributed by atoms with Crippen LogP contribution in [0.25, 0.3) is 0 Å². The van der Waals surface area contributed by atoms with E-state index < -0.39 is 10.0 Å². The highest BCUT2D eigenvalue weighted by Gasteiger charge is 2.21. The average Bonchev–Trinajstić information content (AvgIpc) is 2.67. The lowest BCUT2D eigenvalue weighted by atomic mass is 10.4. The van der Waals surface area contributed by atoms with Crippen molar-refractivity contribution in [3.63, 3.8) is 0 Å². The van der Waals surface area contributed by atoms with Crippen LogP contribution < -0.4 is 5.32 Å². The number of nitrogens with one attached hydrogen (secondary N) is 1. The molecule has 1 fully saturated rings. The quantitative estimate of drug-likeness (QED) is 0.901. The number of amides is 1. The van der Waals surface area contributed by atoms with Gasteiger partial charge in [-0.25, -0.2) is 0 Å². The third-order valence-corrected chi connectivity index (χ3v) is 4.98. The Kier molecular flexibility index (Phi) is 3.86. The van der Waals surface area contributed by atoms with Gasteiger partial charge < -0.3 is 5.32 Å². The molecule has 2 rings (SSSR count). The van der Waals surface area contributed by atoms with Gasteiger partial charge in [0.1, 0.15) is 0 Å². The minimum atomic E-state index is -3.90. The maximum Gasteiger partial charge on any atom is 0.284 e. The number of hydrogen-bond acceptors (Lipinski definition) is 4. The Morgan fingerprint density at radius 1 is 1.28 bits per heavy atom. The number of carbonyl (C=O) groups is 1. The number of amidine groups is 1. The summed E-state index contributed by atoms with van der Waals surface area (Å²) < 4.78 is 27.3. The van der Waals surface area contributed by atoms with E-state index >= 15 is 0 Å². The lowest BCUT2D eigenvalue weighted by molar-refractivity contribution is -0.116. The second-order valence-corrected chi connectivity index (χ2v) is 6.67. The van der Waals surface area contributed by atoms with Crippen molar-refractivity contribution in [2.24, 2.45) is 4.40 Å². The van der Waals surface area contributed by atoms with Crippen molar-refractivity contribution in [2.75, 3.05) is 5.75 Å². The van der Waals surface area contributed by atoms with E-state index in [-0.39, 0.29) is 31.8 Å². The van der Waals surface area contributed by atoms with Gasteiger partial charge in [-0.15, -0.1) is 4.40 Å². The van der Waals surface area contributed by atoms with Crippen molar-refractivity contribution in [1.82, 2.24) is 5.32 Å². The van der Waals surface area contributed by atoms with Crippen LogP contribution in [0.15, 0.2) is 27.5 Å². The summed E-state index contributed by atoms with van der Waals surface area (Å²) in [4.78, 5) is 10.9. The van der Waals surface area contributed by atoms with Crippen molar-refractivity contribution < 1.29 is 13.2 Å². The van der Waals surface area contributed by atoms with Crippen LogP contribution in [-0.4, -0.2) is 25.2 Å². The highest BCUT2D eigenvalue weighted by atomic mass is 35.5. The van der Waals surface area contributed by atoms with E-state index in [1.165, 1.54) is 18.2 Å². The molecule has 1 aromatic rings. The van der Waals surface area contributed by atoms with Crippen LogP contribution in [0.5, 0.6) is 0 Å². The fourth-order valence-electron chi connectivity index (χ4n) is 1.17. The molecule has 1 heterocycles. The molecule has 0 aromatic heterocycles. The molecule has 1 N–H and O–H groups in total. The summed E-state index contributed by atoms with van der Waals surface area (Å²) in [6, 6.07) is 3.89. The molecule has 1 aliphatic heterocycles. The molecule has 0 saturated carbocycles. The Hall–Kier alpha value is -0.760. The Labute approximate surface area is 118 Å². The number of hydrogen-bond donors (Lipinski definition) is 1. The van der Waals surface area contributed by atoms with Gasteiger partial charge in [0.25, 0.3) is 10.0 Å². The van der Waals surface area contributed by atoms with E-state index in [0.717, 1.165) is 11.8 Å². The standard InChI is InChI=1S/C9H6Cl2N2O3S2/c10-6-2-1-5(3-7(6)11)18(15,16)13-9-12-8(14)4-17-9/h1-3H,4H2,(H,12,13,14). The van der Waals surface area contributed by atoms with Crippen molar-refractivity contribution in [3.05, 3.63) is 28.2 Å². The first-order valence-corrected chi connectivity index (χ1v) is 7.79. The summed E-state index contributed by atoms with van der Waals surface area (Å²) >= 11 is 12.5. The topological polar surface area (TPSA) is 75.6 Å². The van der Waals surface area contributed by atoms with Gasteiger partial charge in [-0.05, 0) is 18.2 Å². The van der Waals surface area contributed by atoms with Crippen LogP contribution in [0, 0.1) is 0 Å². The molecule has 0 atom stereocenters. The molecule has 1 saturated heterocycles. The Balaban J connectivity index is 2.36. The summed E-state index contributed by atoms with van der Waals surface area (Å²) in [6.07, 6.45) is 0. The van der Waals surface area contributed by atoms with Crippen LogP contribution in [0.3, 0.4) is 0 Å². The fourth-order valence-corrected chi connectivity index (χ4v) is 3.44. The van der Waals surface area contributed by atoms with E-state index in [0.29, 0.717) is 0 Å². The molecule has 5 nitrogen and oxygen atoms in total. The molecule has 0 unspecified atom stereocenters. The first kappa shape index (κ1) is 13.7. The van der Waals surface area contributed by atoms with Gasteiger partial charge in [0.2, 0.25) is 5.91 Å². The molecule has 1 aliphatic rings. The van der Waals surface area contributed by atoms with Crippen LogP contribution in [-0.2, 0) is 14.8 Å². The van der Waals surface area contributed by atoms with Gasteiger partial charge in [0, 0.05) is 0 Å². The van der Waals surface area contributed by atoms with Gasteiger partial charge in [0.15, 0.2) is 5.17 Å². The molecule has 0 aliphatic carbocycles. The van der Waals surface area contributed by atoms with Gasteiger partial charge in [0.05, 0.1) is 20.7 Å². The maximum absolute atomic E-state index is 11.9. The molecule has 1 amide bonds. The molecule has 0 bridgehead atoms. The number of rotatable bonds is 2. The summed E-state index contributed by atoms with van der Waals surface area (Å²) in [6.45, 7) is 0.